The maximum atomic E-state index is 12.6. The standard InChI is InChI=1S/C21H32N4OS/c1-5-16-9-10-19-17(13-16)14-18(20(26)23-19)15-25(21(27)22-6-2)12-11-24(7-3)8-4/h9-10,13-14H,5-8,11-12,15H2,1-4H3,(H,22,27)(H,23,26). The van der Waals surface area contributed by atoms with Crippen LogP contribution in [-0.4, -0.2) is 52.6 Å². The first-order valence-corrected chi connectivity index (χ1v) is 10.3. The monoisotopic (exact) mass is 388 g/mol. The van der Waals surface area contributed by atoms with Gasteiger partial charge in [-0.2, -0.15) is 0 Å². The number of benzene rings is 1. The highest BCUT2D eigenvalue weighted by Crippen LogP contribution is 2.15. The first kappa shape index (κ1) is 21.4. The first-order chi connectivity index (χ1) is 13.0. The minimum atomic E-state index is -0.0427. The number of fused-ring (bicyclic) bond motifs is 1. The Morgan fingerprint density at radius 2 is 1.85 bits per heavy atom. The van der Waals surface area contributed by atoms with E-state index in [0.29, 0.717) is 11.7 Å². The molecule has 0 unspecified atom stereocenters. The molecule has 27 heavy (non-hydrogen) atoms. The van der Waals surface area contributed by atoms with Crippen molar-refractivity contribution in [3.8, 4) is 0 Å². The molecular formula is C21H32N4OS. The molecule has 148 valence electrons. The summed E-state index contributed by atoms with van der Waals surface area (Å²) >= 11 is 5.56. The Kier molecular flexibility index (Phi) is 8.25. The predicted octanol–water partition coefficient (Wildman–Crippen LogP) is 3.13. The molecule has 0 aliphatic rings. The minimum absolute atomic E-state index is 0.0427. The number of aromatic amines is 1. The van der Waals surface area contributed by atoms with Crippen molar-refractivity contribution in [1.29, 1.82) is 0 Å². The number of aromatic nitrogens is 1. The average Bonchev–Trinajstić information content (AvgIpc) is 2.67. The van der Waals surface area contributed by atoms with Crippen molar-refractivity contribution in [2.24, 2.45) is 0 Å². The number of nitrogens with one attached hydrogen (secondary N) is 2. The van der Waals surface area contributed by atoms with E-state index >= 15 is 0 Å². The Morgan fingerprint density at radius 3 is 2.48 bits per heavy atom. The zero-order valence-corrected chi connectivity index (χ0v) is 17.8. The van der Waals surface area contributed by atoms with Crippen molar-refractivity contribution in [1.82, 2.24) is 20.1 Å². The van der Waals surface area contributed by atoms with Gasteiger partial charge in [0.2, 0.25) is 0 Å². The van der Waals surface area contributed by atoms with Crippen LogP contribution in [-0.2, 0) is 13.0 Å². The van der Waals surface area contributed by atoms with Gasteiger partial charge in [-0.15, -0.1) is 0 Å². The molecule has 0 amide bonds. The second-order valence-electron chi connectivity index (χ2n) is 6.68. The molecule has 0 aliphatic heterocycles. The predicted molar refractivity (Wildman–Crippen MR) is 118 cm³/mol. The van der Waals surface area contributed by atoms with Crippen LogP contribution in [0.25, 0.3) is 10.9 Å². The van der Waals surface area contributed by atoms with Gasteiger partial charge < -0.3 is 20.1 Å². The number of pyridine rings is 1. The van der Waals surface area contributed by atoms with E-state index in [4.69, 9.17) is 12.2 Å². The smallest absolute Gasteiger partial charge is 0.253 e. The summed E-state index contributed by atoms with van der Waals surface area (Å²) < 4.78 is 0. The van der Waals surface area contributed by atoms with Gasteiger partial charge in [0.05, 0.1) is 6.54 Å². The molecule has 0 fully saturated rings. The SMILES string of the molecule is CCNC(=S)N(CCN(CC)CC)Cc1cc2cc(CC)ccc2[nH]c1=O. The lowest BCUT2D eigenvalue weighted by Crippen LogP contribution is -2.44. The van der Waals surface area contributed by atoms with Gasteiger partial charge in [0, 0.05) is 30.7 Å². The van der Waals surface area contributed by atoms with Crippen LogP contribution < -0.4 is 10.9 Å². The highest BCUT2D eigenvalue weighted by atomic mass is 32.1. The topological polar surface area (TPSA) is 51.4 Å². The minimum Gasteiger partial charge on any atom is -0.363 e. The molecule has 2 aromatic rings. The van der Waals surface area contributed by atoms with E-state index in [-0.39, 0.29) is 5.56 Å². The lowest BCUT2D eigenvalue weighted by Gasteiger charge is -2.28. The number of thiocarbonyl (C=S) groups is 1. The summed E-state index contributed by atoms with van der Waals surface area (Å²) in [5.74, 6) is 0. The largest absolute Gasteiger partial charge is 0.363 e. The van der Waals surface area contributed by atoms with Crippen LogP contribution in [0.15, 0.2) is 29.1 Å². The van der Waals surface area contributed by atoms with Gasteiger partial charge in [-0.1, -0.05) is 26.8 Å². The zero-order chi connectivity index (χ0) is 19.8. The van der Waals surface area contributed by atoms with Crippen LogP contribution in [0.1, 0.15) is 38.8 Å². The molecular weight excluding hydrogens is 356 g/mol. The molecule has 0 saturated heterocycles. The number of rotatable bonds is 9. The van der Waals surface area contributed by atoms with Gasteiger partial charge in [-0.3, -0.25) is 4.79 Å². The third kappa shape index (κ3) is 5.78. The number of hydrogen-bond acceptors (Lipinski definition) is 3. The molecule has 0 bridgehead atoms. The van der Waals surface area contributed by atoms with Crippen LogP contribution in [0.2, 0.25) is 0 Å². The van der Waals surface area contributed by atoms with Crippen molar-refractivity contribution >= 4 is 28.2 Å². The number of H-pyrrole nitrogens is 1. The van der Waals surface area contributed by atoms with Gasteiger partial charge in [-0.05, 0) is 67.8 Å². The third-order valence-corrected chi connectivity index (χ3v) is 5.35. The highest BCUT2D eigenvalue weighted by Gasteiger charge is 2.14. The summed E-state index contributed by atoms with van der Waals surface area (Å²) in [4.78, 5) is 20.1. The molecule has 2 rings (SSSR count). The second-order valence-corrected chi connectivity index (χ2v) is 7.07. The van der Waals surface area contributed by atoms with E-state index < -0.39 is 0 Å². The summed E-state index contributed by atoms with van der Waals surface area (Å²) in [5.41, 5.74) is 2.85. The van der Waals surface area contributed by atoms with Crippen molar-refractivity contribution < 1.29 is 0 Å². The van der Waals surface area contributed by atoms with E-state index in [9.17, 15) is 4.79 Å². The molecule has 5 nitrogen and oxygen atoms in total. The Labute approximate surface area is 167 Å². The third-order valence-electron chi connectivity index (χ3n) is 4.95. The first-order valence-electron chi connectivity index (χ1n) is 9.92. The number of nitrogens with zero attached hydrogens (tertiary/aromatic N) is 2. The Hall–Kier alpha value is -1.92. The summed E-state index contributed by atoms with van der Waals surface area (Å²) in [7, 11) is 0. The van der Waals surface area contributed by atoms with E-state index in [0.717, 1.165) is 55.6 Å². The normalized spacial score (nSPS) is 11.1. The Morgan fingerprint density at radius 1 is 1.11 bits per heavy atom. The Balaban J connectivity index is 2.27. The fourth-order valence-corrected chi connectivity index (χ4v) is 3.46. The average molecular weight is 389 g/mol. The number of aryl methyl sites for hydroxylation is 1. The molecule has 1 aromatic heterocycles. The van der Waals surface area contributed by atoms with Crippen LogP contribution in [0, 0.1) is 0 Å². The molecule has 0 radical (unpaired) electrons. The van der Waals surface area contributed by atoms with Crippen molar-refractivity contribution in [3.63, 3.8) is 0 Å². The van der Waals surface area contributed by atoms with Crippen molar-refractivity contribution in [2.75, 3.05) is 32.7 Å². The fourth-order valence-electron chi connectivity index (χ4n) is 3.16. The van der Waals surface area contributed by atoms with E-state index in [2.05, 4.69) is 53.0 Å². The van der Waals surface area contributed by atoms with Crippen LogP contribution in [0.3, 0.4) is 0 Å². The summed E-state index contributed by atoms with van der Waals surface area (Å²) in [6.45, 7) is 13.5. The number of hydrogen-bond donors (Lipinski definition) is 2. The van der Waals surface area contributed by atoms with Crippen LogP contribution in [0.5, 0.6) is 0 Å². The quantitative estimate of drug-likeness (QED) is 0.647. The van der Waals surface area contributed by atoms with Gasteiger partial charge in [0.25, 0.3) is 5.56 Å². The number of likely N-dealkylation sites (N-methyl/N-ethyl adjacent to an activating group) is 1. The second kappa shape index (κ2) is 10.4. The lowest BCUT2D eigenvalue weighted by atomic mass is 10.1. The maximum Gasteiger partial charge on any atom is 0.253 e. The lowest BCUT2D eigenvalue weighted by molar-refractivity contribution is 0.263. The zero-order valence-electron chi connectivity index (χ0n) is 17.0. The molecule has 0 spiro atoms. The van der Waals surface area contributed by atoms with Crippen LogP contribution >= 0.6 is 12.2 Å². The van der Waals surface area contributed by atoms with Gasteiger partial charge in [0.1, 0.15) is 0 Å². The molecule has 6 heteroatoms. The van der Waals surface area contributed by atoms with E-state index in [1.807, 2.05) is 19.1 Å². The molecule has 1 aromatic carbocycles. The summed E-state index contributed by atoms with van der Waals surface area (Å²) in [5, 5.41) is 5.00. The molecule has 2 N–H and O–H groups in total. The molecule has 0 saturated carbocycles. The fraction of sp³-hybridized carbons (Fsp3) is 0.524. The molecule has 0 atom stereocenters. The summed E-state index contributed by atoms with van der Waals surface area (Å²) in [6, 6.07) is 8.21. The van der Waals surface area contributed by atoms with E-state index in [1.54, 1.807) is 0 Å². The summed E-state index contributed by atoms with van der Waals surface area (Å²) in [6.07, 6.45) is 0.977. The van der Waals surface area contributed by atoms with Crippen LogP contribution in [0.4, 0.5) is 0 Å². The highest BCUT2D eigenvalue weighted by molar-refractivity contribution is 7.80. The van der Waals surface area contributed by atoms with Gasteiger partial charge >= 0.3 is 0 Å². The van der Waals surface area contributed by atoms with Gasteiger partial charge in [0.15, 0.2) is 5.11 Å². The van der Waals surface area contributed by atoms with Gasteiger partial charge in [-0.25, -0.2) is 0 Å². The Bertz CT molecular complexity index is 813. The molecule has 1 heterocycles. The van der Waals surface area contributed by atoms with Crippen molar-refractivity contribution in [3.05, 3.63) is 45.7 Å². The van der Waals surface area contributed by atoms with Crippen molar-refractivity contribution in [2.45, 2.75) is 40.7 Å². The molecule has 0 aliphatic carbocycles. The maximum absolute atomic E-state index is 12.6. The van der Waals surface area contributed by atoms with E-state index in [1.165, 1.54) is 5.56 Å².